The lowest BCUT2D eigenvalue weighted by molar-refractivity contribution is -0.119. The van der Waals surface area contributed by atoms with Gasteiger partial charge >= 0.3 is 0 Å². The molecule has 3 aromatic carbocycles. The molecule has 0 bridgehead atoms. The number of rotatable bonds is 8. The largest absolute Gasteiger partial charge is 0.493 e. The zero-order valence-corrected chi connectivity index (χ0v) is 20.3. The summed E-state index contributed by atoms with van der Waals surface area (Å²) in [4.78, 5) is 15.2. The van der Waals surface area contributed by atoms with E-state index < -0.39 is 10.0 Å². The number of sulfonamides is 1. The molecule has 0 aliphatic carbocycles. The van der Waals surface area contributed by atoms with Gasteiger partial charge in [-0.05, 0) is 42.7 Å². The third-order valence-electron chi connectivity index (χ3n) is 5.98. The van der Waals surface area contributed by atoms with Crippen molar-refractivity contribution in [2.75, 3.05) is 25.7 Å². The van der Waals surface area contributed by atoms with Gasteiger partial charge in [-0.2, -0.15) is 4.31 Å². The Morgan fingerprint density at radius 2 is 1.65 bits per heavy atom. The number of carbonyl (C=O) groups is 1. The molecule has 0 aromatic heterocycles. The van der Waals surface area contributed by atoms with Crippen LogP contribution in [-0.2, 0) is 27.8 Å². The summed E-state index contributed by atoms with van der Waals surface area (Å²) < 4.78 is 39.2. The Morgan fingerprint density at radius 1 is 0.971 bits per heavy atom. The molecule has 0 spiro atoms. The van der Waals surface area contributed by atoms with Crippen molar-refractivity contribution in [3.63, 3.8) is 0 Å². The van der Waals surface area contributed by atoms with E-state index >= 15 is 0 Å². The van der Waals surface area contributed by atoms with E-state index in [-0.39, 0.29) is 29.9 Å². The van der Waals surface area contributed by atoms with Gasteiger partial charge in [0, 0.05) is 24.3 Å². The monoisotopic (exact) mass is 480 g/mol. The van der Waals surface area contributed by atoms with E-state index in [9.17, 15) is 13.2 Å². The van der Waals surface area contributed by atoms with E-state index in [1.807, 2.05) is 61.5 Å². The Balaban J connectivity index is 1.69. The third-order valence-corrected chi connectivity index (χ3v) is 7.77. The van der Waals surface area contributed by atoms with Crippen LogP contribution in [0.4, 0.5) is 5.69 Å². The van der Waals surface area contributed by atoms with Crippen molar-refractivity contribution >= 4 is 21.6 Å². The fourth-order valence-corrected chi connectivity index (χ4v) is 5.71. The quantitative estimate of drug-likeness (QED) is 0.489. The number of anilines is 1. The van der Waals surface area contributed by atoms with Crippen molar-refractivity contribution in [2.24, 2.45) is 0 Å². The van der Waals surface area contributed by atoms with Gasteiger partial charge in [0.25, 0.3) is 0 Å². The maximum atomic E-state index is 13.7. The van der Waals surface area contributed by atoms with Crippen LogP contribution in [0, 0.1) is 0 Å². The van der Waals surface area contributed by atoms with Gasteiger partial charge in [-0.3, -0.25) is 4.79 Å². The predicted octanol–water partition coefficient (Wildman–Crippen LogP) is 3.87. The molecule has 1 aliphatic rings. The molecule has 1 atom stereocenters. The molecular weight excluding hydrogens is 452 g/mol. The number of para-hydroxylation sites is 1. The van der Waals surface area contributed by atoms with Crippen LogP contribution < -0.4 is 14.4 Å². The lowest BCUT2D eigenvalue weighted by Gasteiger charge is -2.28. The highest BCUT2D eigenvalue weighted by atomic mass is 32.2. The number of methoxy groups -OCH3 is 2. The summed E-state index contributed by atoms with van der Waals surface area (Å²) in [5, 5.41) is 0. The zero-order valence-electron chi connectivity index (χ0n) is 19.5. The average Bonchev–Trinajstić information content (AvgIpc) is 3.19. The molecule has 0 saturated heterocycles. The van der Waals surface area contributed by atoms with Crippen LogP contribution in [0.1, 0.15) is 18.1 Å². The number of nitrogens with zero attached hydrogens (tertiary/aromatic N) is 2. The van der Waals surface area contributed by atoms with Gasteiger partial charge < -0.3 is 14.4 Å². The maximum Gasteiger partial charge on any atom is 0.243 e. The first-order valence-electron chi connectivity index (χ1n) is 11.0. The van der Waals surface area contributed by atoms with Crippen molar-refractivity contribution < 1.29 is 22.7 Å². The second-order valence-corrected chi connectivity index (χ2v) is 10.2. The molecule has 0 fully saturated rings. The lowest BCUT2D eigenvalue weighted by atomic mass is 10.1. The van der Waals surface area contributed by atoms with Crippen molar-refractivity contribution in [3.8, 4) is 11.5 Å². The molecule has 8 heteroatoms. The Bertz CT molecular complexity index is 1280. The SMILES string of the molecule is COc1ccc(S(=O)(=O)N(CC(=O)N2c3ccccc3C[C@@H]2C)Cc2ccccc2)cc1OC. The summed E-state index contributed by atoms with van der Waals surface area (Å²) in [5.41, 5.74) is 2.71. The van der Waals surface area contributed by atoms with Gasteiger partial charge in [-0.1, -0.05) is 48.5 Å². The average molecular weight is 481 g/mol. The summed E-state index contributed by atoms with van der Waals surface area (Å²) in [6, 6.07) is 21.4. The van der Waals surface area contributed by atoms with Gasteiger partial charge in [0.15, 0.2) is 11.5 Å². The molecule has 1 aliphatic heterocycles. The normalized spacial score (nSPS) is 15.3. The standard InChI is InChI=1S/C26H28N2O5S/c1-19-15-21-11-7-8-12-23(21)28(19)26(29)18-27(17-20-9-5-4-6-10-20)34(30,31)22-13-14-24(32-2)25(16-22)33-3/h4-14,16,19H,15,17-18H2,1-3H3/t19-/m0/s1. The molecule has 178 valence electrons. The summed E-state index contributed by atoms with van der Waals surface area (Å²) in [7, 11) is -1.09. The summed E-state index contributed by atoms with van der Waals surface area (Å²) in [5.74, 6) is 0.462. The molecular formula is C26H28N2O5S. The topological polar surface area (TPSA) is 76.2 Å². The highest BCUT2D eigenvalue weighted by Gasteiger charge is 2.34. The number of benzene rings is 3. The van der Waals surface area contributed by atoms with E-state index in [0.29, 0.717) is 11.5 Å². The summed E-state index contributed by atoms with van der Waals surface area (Å²) in [6.45, 7) is 1.75. The van der Waals surface area contributed by atoms with Crippen LogP contribution in [-0.4, -0.2) is 45.4 Å². The predicted molar refractivity (Wildman–Crippen MR) is 131 cm³/mol. The minimum Gasteiger partial charge on any atom is -0.493 e. The number of ether oxygens (including phenoxy) is 2. The van der Waals surface area contributed by atoms with Crippen LogP contribution in [0.3, 0.4) is 0 Å². The Hall–Kier alpha value is -3.36. The Kier molecular flexibility index (Phi) is 6.90. The molecule has 1 heterocycles. The molecule has 0 N–H and O–H groups in total. The minimum absolute atomic E-state index is 0.0313. The van der Waals surface area contributed by atoms with Crippen molar-refractivity contribution in [3.05, 3.63) is 83.9 Å². The molecule has 7 nitrogen and oxygen atoms in total. The smallest absolute Gasteiger partial charge is 0.243 e. The fourth-order valence-electron chi connectivity index (χ4n) is 4.31. The maximum absolute atomic E-state index is 13.7. The van der Waals surface area contributed by atoms with E-state index in [2.05, 4.69) is 0 Å². The molecule has 0 saturated carbocycles. The van der Waals surface area contributed by atoms with Gasteiger partial charge in [0.2, 0.25) is 15.9 Å². The molecule has 0 unspecified atom stereocenters. The second kappa shape index (κ2) is 9.87. The van der Waals surface area contributed by atoms with Gasteiger partial charge in [-0.25, -0.2) is 8.42 Å². The number of carbonyl (C=O) groups excluding carboxylic acids is 1. The van der Waals surface area contributed by atoms with Gasteiger partial charge in [-0.15, -0.1) is 0 Å². The minimum atomic E-state index is -4.03. The van der Waals surface area contributed by atoms with Crippen LogP contribution >= 0.6 is 0 Å². The van der Waals surface area contributed by atoms with Crippen molar-refractivity contribution in [1.82, 2.24) is 4.31 Å². The van der Waals surface area contributed by atoms with E-state index in [4.69, 9.17) is 9.47 Å². The second-order valence-electron chi connectivity index (χ2n) is 8.22. The van der Waals surface area contributed by atoms with Gasteiger partial charge in [0.05, 0.1) is 25.7 Å². The highest BCUT2D eigenvalue weighted by molar-refractivity contribution is 7.89. The molecule has 1 amide bonds. The number of hydrogen-bond donors (Lipinski definition) is 0. The molecule has 34 heavy (non-hydrogen) atoms. The molecule has 4 rings (SSSR count). The van der Waals surface area contributed by atoms with Crippen molar-refractivity contribution in [1.29, 1.82) is 0 Å². The van der Waals surface area contributed by atoms with Crippen LogP contribution in [0.25, 0.3) is 0 Å². The van der Waals surface area contributed by atoms with E-state index in [1.165, 1.54) is 30.7 Å². The molecule has 0 radical (unpaired) electrons. The van der Waals surface area contributed by atoms with Gasteiger partial charge in [0.1, 0.15) is 0 Å². The van der Waals surface area contributed by atoms with Crippen LogP contribution in [0.2, 0.25) is 0 Å². The van der Waals surface area contributed by atoms with E-state index in [1.54, 1.807) is 11.0 Å². The fraction of sp³-hybridized carbons (Fsp3) is 0.269. The lowest BCUT2D eigenvalue weighted by Crippen LogP contribution is -2.44. The molecule has 3 aromatic rings. The highest BCUT2D eigenvalue weighted by Crippen LogP contribution is 2.33. The first-order valence-corrected chi connectivity index (χ1v) is 12.4. The Morgan fingerprint density at radius 3 is 2.35 bits per heavy atom. The Labute approximate surface area is 200 Å². The third kappa shape index (κ3) is 4.64. The zero-order chi connectivity index (χ0) is 24.3. The number of amides is 1. The number of hydrogen-bond acceptors (Lipinski definition) is 5. The van der Waals surface area contributed by atoms with Crippen LogP contribution in [0.5, 0.6) is 11.5 Å². The van der Waals surface area contributed by atoms with Crippen LogP contribution in [0.15, 0.2) is 77.7 Å². The first kappa shape index (κ1) is 23.8. The van der Waals surface area contributed by atoms with Crippen molar-refractivity contribution in [2.45, 2.75) is 30.8 Å². The summed E-state index contributed by atoms with van der Waals surface area (Å²) >= 11 is 0. The van der Waals surface area contributed by atoms with E-state index in [0.717, 1.165) is 23.2 Å². The first-order chi connectivity index (χ1) is 16.3. The summed E-state index contributed by atoms with van der Waals surface area (Å²) in [6.07, 6.45) is 0.739. The number of fused-ring (bicyclic) bond motifs is 1.